The van der Waals surface area contributed by atoms with Crippen LogP contribution in [-0.2, 0) is 10.0 Å². The number of fused-ring (bicyclic) bond motifs is 1. The number of hydrogen-bond donors (Lipinski definition) is 3. The molecule has 0 radical (unpaired) electrons. The molecule has 1 atom stereocenters. The van der Waals surface area contributed by atoms with E-state index in [0.717, 1.165) is 27.9 Å². The molecule has 0 saturated heterocycles. The van der Waals surface area contributed by atoms with E-state index in [0.29, 0.717) is 0 Å². The molecule has 0 saturated carbocycles. The Morgan fingerprint density at radius 1 is 1.19 bits per heavy atom. The largest absolute Gasteiger partial charge is 0.389 e. The lowest BCUT2D eigenvalue weighted by atomic mass is 10.0. The minimum atomic E-state index is -3.71. The lowest BCUT2D eigenvalue weighted by Crippen LogP contribution is -2.47. The van der Waals surface area contributed by atoms with Gasteiger partial charge in [0.05, 0.1) is 10.5 Å². The predicted octanol–water partition coefficient (Wildman–Crippen LogP) is 2.98. The van der Waals surface area contributed by atoms with Crippen LogP contribution in [0.4, 0.5) is 0 Å². The van der Waals surface area contributed by atoms with Crippen molar-refractivity contribution >= 4 is 21.1 Å². The lowest BCUT2D eigenvalue weighted by molar-refractivity contribution is 0.0524. The molecule has 3 aromatic rings. The summed E-state index contributed by atoms with van der Waals surface area (Å²) in [6.45, 7) is 6.73. The number of hydrogen-bond acceptors (Lipinski definition) is 4. The van der Waals surface area contributed by atoms with Gasteiger partial charge >= 0.3 is 0 Å². The minimum Gasteiger partial charge on any atom is -0.389 e. The van der Waals surface area contributed by atoms with Gasteiger partial charge in [-0.1, -0.05) is 12.1 Å². The number of nitrogens with one attached hydrogen (secondary N) is 2. The van der Waals surface area contributed by atoms with E-state index in [2.05, 4.69) is 14.7 Å². The average molecular weight is 373 g/mol. The quantitative estimate of drug-likeness (QED) is 0.641. The fourth-order valence-corrected chi connectivity index (χ4v) is 4.05. The average Bonchev–Trinajstić information content (AvgIpc) is 2.93. The first-order valence-corrected chi connectivity index (χ1v) is 9.86. The van der Waals surface area contributed by atoms with Gasteiger partial charge in [0.1, 0.15) is 5.65 Å². The maximum absolute atomic E-state index is 12.5. The van der Waals surface area contributed by atoms with Crippen molar-refractivity contribution in [3.05, 3.63) is 48.3 Å². The number of benzene rings is 1. The SMILES string of the molecule is Cc1cc2c(-c3ccc(S(=O)(=O)NC(C)C(C)(C)O)cc3)ccnc2[nH]1. The van der Waals surface area contributed by atoms with Gasteiger partial charge in [-0.15, -0.1) is 0 Å². The Morgan fingerprint density at radius 3 is 2.46 bits per heavy atom. The van der Waals surface area contributed by atoms with E-state index in [1.54, 1.807) is 51.2 Å². The molecule has 7 heteroatoms. The number of sulfonamides is 1. The van der Waals surface area contributed by atoms with Gasteiger partial charge in [0.2, 0.25) is 10.0 Å². The van der Waals surface area contributed by atoms with Crippen LogP contribution in [0.2, 0.25) is 0 Å². The summed E-state index contributed by atoms with van der Waals surface area (Å²) in [6, 6.07) is 10.0. The maximum Gasteiger partial charge on any atom is 0.240 e. The molecule has 0 bridgehead atoms. The van der Waals surface area contributed by atoms with Crippen molar-refractivity contribution in [2.45, 2.75) is 44.2 Å². The number of nitrogens with zero attached hydrogens (tertiary/aromatic N) is 1. The second-order valence-electron chi connectivity index (χ2n) is 7.09. The first-order chi connectivity index (χ1) is 12.1. The van der Waals surface area contributed by atoms with Crippen molar-refractivity contribution in [2.24, 2.45) is 0 Å². The number of aryl methyl sites for hydroxylation is 1. The summed E-state index contributed by atoms with van der Waals surface area (Å²) in [5.74, 6) is 0. The number of H-pyrrole nitrogens is 1. The van der Waals surface area contributed by atoms with Gasteiger partial charge in [-0.25, -0.2) is 18.1 Å². The highest BCUT2D eigenvalue weighted by Crippen LogP contribution is 2.28. The summed E-state index contributed by atoms with van der Waals surface area (Å²) in [7, 11) is -3.71. The number of aromatic nitrogens is 2. The molecule has 0 fully saturated rings. The summed E-state index contributed by atoms with van der Waals surface area (Å²) >= 11 is 0. The Bertz CT molecular complexity index is 1030. The number of aromatic amines is 1. The highest BCUT2D eigenvalue weighted by molar-refractivity contribution is 7.89. The highest BCUT2D eigenvalue weighted by Gasteiger charge is 2.27. The van der Waals surface area contributed by atoms with E-state index in [4.69, 9.17) is 0 Å². The molecule has 0 aliphatic carbocycles. The van der Waals surface area contributed by atoms with Crippen LogP contribution in [0.15, 0.2) is 47.5 Å². The van der Waals surface area contributed by atoms with Crippen LogP contribution in [0.3, 0.4) is 0 Å². The second-order valence-corrected chi connectivity index (χ2v) is 8.81. The Hall–Kier alpha value is -2.22. The monoisotopic (exact) mass is 373 g/mol. The van der Waals surface area contributed by atoms with Gasteiger partial charge in [-0.2, -0.15) is 0 Å². The maximum atomic E-state index is 12.5. The first-order valence-electron chi connectivity index (χ1n) is 8.37. The zero-order chi connectivity index (χ0) is 19.1. The Balaban J connectivity index is 1.93. The zero-order valence-electron chi connectivity index (χ0n) is 15.2. The molecule has 0 aliphatic rings. The van der Waals surface area contributed by atoms with Crippen molar-refractivity contribution in [1.29, 1.82) is 0 Å². The van der Waals surface area contributed by atoms with E-state index in [-0.39, 0.29) is 4.90 Å². The topological polar surface area (TPSA) is 95.1 Å². The van der Waals surface area contributed by atoms with Crippen molar-refractivity contribution in [2.75, 3.05) is 0 Å². The number of pyridine rings is 1. The van der Waals surface area contributed by atoms with E-state index < -0.39 is 21.7 Å². The van der Waals surface area contributed by atoms with Crippen LogP contribution in [0.1, 0.15) is 26.5 Å². The summed E-state index contributed by atoms with van der Waals surface area (Å²) in [6.07, 6.45) is 1.73. The van der Waals surface area contributed by atoms with Gasteiger partial charge in [0.25, 0.3) is 0 Å². The molecule has 3 rings (SSSR count). The zero-order valence-corrected chi connectivity index (χ0v) is 16.1. The van der Waals surface area contributed by atoms with Crippen molar-refractivity contribution in [1.82, 2.24) is 14.7 Å². The van der Waals surface area contributed by atoms with E-state index >= 15 is 0 Å². The Morgan fingerprint density at radius 2 is 1.85 bits per heavy atom. The van der Waals surface area contributed by atoms with Crippen molar-refractivity contribution < 1.29 is 13.5 Å². The molecule has 0 spiro atoms. The standard InChI is InChI=1S/C19H23N3O3S/c1-12-11-17-16(9-10-20-18(17)21-12)14-5-7-15(8-6-14)26(24,25)22-13(2)19(3,4)23/h5-11,13,22-23H,1-4H3,(H,20,21). The molecule has 1 unspecified atom stereocenters. The Labute approximate surface area is 153 Å². The molecule has 2 aromatic heterocycles. The molecule has 6 nitrogen and oxygen atoms in total. The van der Waals surface area contributed by atoms with Gasteiger partial charge < -0.3 is 10.1 Å². The van der Waals surface area contributed by atoms with Crippen molar-refractivity contribution in [3.63, 3.8) is 0 Å². The van der Waals surface area contributed by atoms with E-state index in [1.165, 1.54) is 0 Å². The van der Waals surface area contributed by atoms with Crippen LogP contribution >= 0.6 is 0 Å². The molecule has 26 heavy (non-hydrogen) atoms. The Kier molecular flexibility index (Phi) is 4.64. The molecule has 138 valence electrons. The molecule has 0 amide bonds. The molecule has 2 heterocycles. The molecule has 1 aromatic carbocycles. The highest BCUT2D eigenvalue weighted by atomic mass is 32.2. The third kappa shape index (κ3) is 3.65. The molecule has 0 aliphatic heterocycles. The smallest absolute Gasteiger partial charge is 0.240 e. The number of aliphatic hydroxyl groups is 1. The van der Waals surface area contributed by atoms with Gasteiger partial charge in [-0.3, -0.25) is 0 Å². The second kappa shape index (κ2) is 6.50. The van der Waals surface area contributed by atoms with E-state index in [9.17, 15) is 13.5 Å². The van der Waals surface area contributed by atoms with E-state index in [1.807, 2.05) is 19.1 Å². The fourth-order valence-electron chi connectivity index (χ4n) is 2.67. The molecule has 3 N–H and O–H groups in total. The third-order valence-electron chi connectivity index (χ3n) is 4.53. The van der Waals surface area contributed by atoms with Gasteiger partial charge in [-0.05, 0) is 63.1 Å². The summed E-state index contributed by atoms with van der Waals surface area (Å²) in [5, 5.41) is 11.0. The van der Waals surface area contributed by atoms with Crippen LogP contribution < -0.4 is 4.72 Å². The predicted molar refractivity (Wildman–Crippen MR) is 102 cm³/mol. The van der Waals surface area contributed by atoms with Gasteiger partial charge in [0.15, 0.2) is 0 Å². The molecular formula is C19H23N3O3S. The molecular weight excluding hydrogens is 350 g/mol. The van der Waals surface area contributed by atoms with Crippen LogP contribution in [0.25, 0.3) is 22.2 Å². The lowest BCUT2D eigenvalue weighted by Gasteiger charge is -2.26. The van der Waals surface area contributed by atoms with Crippen molar-refractivity contribution in [3.8, 4) is 11.1 Å². The third-order valence-corrected chi connectivity index (χ3v) is 6.09. The van der Waals surface area contributed by atoms with Crippen LogP contribution in [0, 0.1) is 6.92 Å². The van der Waals surface area contributed by atoms with Crippen LogP contribution in [-0.4, -0.2) is 35.1 Å². The number of rotatable bonds is 5. The minimum absolute atomic E-state index is 0.160. The van der Waals surface area contributed by atoms with Crippen LogP contribution in [0.5, 0.6) is 0 Å². The fraction of sp³-hybridized carbons (Fsp3) is 0.316. The normalized spacial score (nSPS) is 13.9. The summed E-state index contributed by atoms with van der Waals surface area (Å²) in [5.41, 5.74) is 2.57. The first kappa shape index (κ1) is 18.6. The summed E-state index contributed by atoms with van der Waals surface area (Å²) in [4.78, 5) is 7.67. The van der Waals surface area contributed by atoms with Gasteiger partial charge in [0, 0.05) is 23.3 Å². The summed E-state index contributed by atoms with van der Waals surface area (Å²) < 4.78 is 27.5.